The van der Waals surface area contributed by atoms with Gasteiger partial charge >= 0.3 is 0 Å². The van der Waals surface area contributed by atoms with E-state index in [0.29, 0.717) is 11.9 Å². The van der Waals surface area contributed by atoms with E-state index in [1.165, 1.54) is 12.8 Å². The molecule has 0 aliphatic rings. The van der Waals surface area contributed by atoms with Crippen LogP contribution in [0.3, 0.4) is 0 Å². The fraction of sp³-hybridized carbons (Fsp3) is 0.692. The first-order valence-corrected chi connectivity index (χ1v) is 6.89. The average molecular weight is 256 g/mol. The quantitative estimate of drug-likeness (QED) is 0.697. The van der Waals surface area contributed by atoms with Gasteiger partial charge in [-0.05, 0) is 19.8 Å². The summed E-state index contributed by atoms with van der Waals surface area (Å²) in [5, 5.41) is 0. The van der Waals surface area contributed by atoms with Crippen molar-refractivity contribution in [2.75, 3.05) is 11.4 Å². The Kier molecular flexibility index (Phi) is 6.27. The van der Waals surface area contributed by atoms with Crippen molar-refractivity contribution in [3.8, 4) is 0 Å². The van der Waals surface area contributed by atoms with Gasteiger partial charge in [0.25, 0.3) is 0 Å². The fourth-order valence-corrected chi connectivity index (χ4v) is 1.84. The summed E-state index contributed by atoms with van der Waals surface area (Å²) in [5.74, 6) is 1.37. The second kappa shape index (κ2) is 7.49. The van der Waals surface area contributed by atoms with E-state index < -0.39 is 0 Å². The van der Waals surface area contributed by atoms with Crippen LogP contribution >= 0.6 is 11.6 Å². The Hall–Kier alpha value is -0.830. The Labute approximate surface area is 109 Å². The molecule has 0 saturated carbocycles. The number of aromatic nitrogens is 2. The molecule has 0 bridgehead atoms. The Morgan fingerprint density at radius 3 is 2.71 bits per heavy atom. The molecular weight excluding hydrogens is 234 g/mol. The average Bonchev–Trinajstić information content (AvgIpc) is 2.39. The van der Waals surface area contributed by atoms with Crippen LogP contribution in [0.2, 0.25) is 0 Å². The fourth-order valence-electron chi connectivity index (χ4n) is 1.71. The molecule has 4 heteroatoms. The highest BCUT2D eigenvalue weighted by atomic mass is 35.5. The van der Waals surface area contributed by atoms with Crippen molar-refractivity contribution in [3.63, 3.8) is 0 Å². The standard InChI is InChI=1S/C13H22ClN3/c1-4-6-7-17(11(3)5-2)13-10-15-9-12(8-14)16-13/h9-11H,4-8H2,1-3H3. The first-order chi connectivity index (χ1) is 8.22. The third-order valence-corrected chi connectivity index (χ3v) is 3.25. The van der Waals surface area contributed by atoms with Gasteiger partial charge in [0.05, 0.1) is 17.8 Å². The highest BCUT2D eigenvalue weighted by Gasteiger charge is 2.14. The maximum Gasteiger partial charge on any atom is 0.147 e. The minimum atomic E-state index is 0.420. The van der Waals surface area contributed by atoms with Crippen molar-refractivity contribution >= 4 is 17.4 Å². The van der Waals surface area contributed by atoms with Gasteiger partial charge in [0, 0.05) is 18.8 Å². The second-order valence-corrected chi connectivity index (χ2v) is 4.57. The molecule has 1 heterocycles. The molecular formula is C13H22ClN3. The normalized spacial score (nSPS) is 12.5. The smallest absolute Gasteiger partial charge is 0.147 e. The summed E-state index contributed by atoms with van der Waals surface area (Å²) in [6.07, 6.45) is 7.03. The van der Waals surface area contributed by atoms with E-state index in [1.807, 2.05) is 6.20 Å². The van der Waals surface area contributed by atoms with Crippen LogP contribution in [0.15, 0.2) is 12.4 Å². The molecule has 0 aromatic carbocycles. The molecule has 1 rings (SSSR count). The Morgan fingerprint density at radius 1 is 1.35 bits per heavy atom. The number of anilines is 1. The number of halogens is 1. The van der Waals surface area contributed by atoms with Crippen molar-refractivity contribution in [2.24, 2.45) is 0 Å². The van der Waals surface area contributed by atoms with Crippen LogP contribution in [0.5, 0.6) is 0 Å². The summed E-state index contributed by atoms with van der Waals surface area (Å²) < 4.78 is 0. The Balaban J connectivity index is 2.86. The highest BCUT2D eigenvalue weighted by Crippen LogP contribution is 2.16. The molecule has 0 radical (unpaired) electrons. The first kappa shape index (κ1) is 14.2. The van der Waals surface area contributed by atoms with Crippen molar-refractivity contribution in [1.82, 2.24) is 9.97 Å². The number of hydrogen-bond acceptors (Lipinski definition) is 3. The van der Waals surface area contributed by atoms with Gasteiger partial charge in [-0.15, -0.1) is 11.6 Å². The number of rotatable bonds is 7. The topological polar surface area (TPSA) is 29.0 Å². The molecule has 0 aliphatic heterocycles. The predicted molar refractivity (Wildman–Crippen MR) is 73.6 cm³/mol. The van der Waals surface area contributed by atoms with Gasteiger partial charge in [-0.3, -0.25) is 4.98 Å². The highest BCUT2D eigenvalue weighted by molar-refractivity contribution is 6.16. The zero-order valence-electron chi connectivity index (χ0n) is 11.0. The van der Waals surface area contributed by atoms with Gasteiger partial charge < -0.3 is 4.90 Å². The third-order valence-electron chi connectivity index (χ3n) is 2.98. The Bertz CT molecular complexity index is 330. The molecule has 96 valence electrons. The molecule has 0 N–H and O–H groups in total. The zero-order valence-corrected chi connectivity index (χ0v) is 11.7. The first-order valence-electron chi connectivity index (χ1n) is 6.36. The van der Waals surface area contributed by atoms with Gasteiger partial charge in [-0.2, -0.15) is 0 Å². The maximum atomic E-state index is 5.80. The van der Waals surface area contributed by atoms with Crippen LogP contribution < -0.4 is 4.90 Å². The van der Waals surface area contributed by atoms with E-state index in [0.717, 1.165) is 24.5 Å². The molecule has 0 aliphatic carbocycles. The molecule has 17 heavy (non-hydrogen) atoms. The Morgan fingerprint density at radius 2 is 2.12 bits per heavy atom. The van der Waals surface area contributed by atoms with E-state index in [2.05, 4.69) is 35.6 Å². The van der Waals surface area contributed by atoms with Crippen LogP contribution in [0, 0.1) is 0 Å². The molecule has 1 aromatic rings. The summed E-state index contributed by atoms with van der Waals surface area (Å²) >= 11 is 5.80. The number of unbranched alkanes of at least 4 members (excludes halogenated alkanes) is 1. The van der Waals surface area contributed by atoms with Crippen LogP contribution in [0.4, 0.5) is 5.82 Å². The lowest BCUT2D eigenvalue weighted by Gasteiger charge is -2.29. The lowest BCUT2D eigenvalue weighted by atomic mass is 10.2. The summed E-state index contributed by atoms with van der Waals surface area (Å²) in [5.41, 5.74) is 0.842. The maximum absolute atomic E-state index is 5.80. The molecule has 0 fully saturated rings. The molecule has 3 nitrogen and oxygen atoms in total. The van der Waals surface area contributed by atoms with E-state index in [4.69, 9.17) is 11.6 Å². The summed E-state index contributed by atoms with van der Waals surface area (Å²) in [4.78, 5) is 11.1. The van der Waals surface area contributed by atoms with Gasteiger partial charge in [0.1, 0.15) is 5.82 Å². The van der Waals surface area contributed by atoms with Crippen LogP contribution in [0.25, 0.3) is 0 Å². The van der Waals surface area contributed by atoms with Crippen molar-refractivity contribution in [2.45, 2.75) is 52.0 Å². The van der Waals surface area contributed by atoms with E-state index in [1.54, 1.807) is 6.20 Å². The summed E-state index contributed by atoms with van der Waals surface area (Å²) in [6.45, 7) is 7.66. The monoisotopic (exact) mass is 255 g/mol. The van der Waals surface area contributed by atoms with Gasteiger partial charge in [0.2, 0.25) is 0 Å². The zero-order chi connectivity index (χ0) is 12.7. The van der Waals surface area contributed by atoms with Crippen LogP contribution in [0.1, 0.15) is 45.7 Å². The van der Waals surface area contributed by atoms with E-state index >= 15 is 0 Å². The lowest BCUT2D eigenvalue weighted by Crippen LogP contribution is -2.34. The predicted octanol–water partition coefficient (Wildman–Crippen LogP) is 3.62. The molecule has 0 spiro atoms. The van der Waals surface area contributed by atoms with Crippen molar-refractivity contribution < 1.29 is 0 Å². The largest absolute Gasteiger partial charge is 0.353 e. The molecule has 0 saturated heterocycles. The van der Waals surface area contributed by atoms with Crippen LogP contribution in [-0.2, 0) is 5.88 Å². The molecule has 1 atom stereocenters. The minimum absolute atomic E-state index is 0.420. The number of nitrogens with zero attached hydrogens (tertiary/aromatic N) is 3. The molecule has 1 aromatic heterocycles. The second-order valence-electron chi connectivity index (χ2n) is 4.31. The third kappa shape index (κ3) is 4.15. The van der Waals surface area contributed by atoms with Crippen LogP contribution in [-0.4, -0.2) is 22.6 Å². The van der Waals surface area contributed by atoms with E-state index in [-0.39, 0.29) is 0 Å². The number of hydrogen-bond donors (Lipinski definition) is 0. The summed E-state index contributed by atoms with van der Waals surface area (Å²) in [6, 6.07) is 0.487. The number of alkyl halides is 1. The van der Waals surface area contributed by atoms with Gasteiger partial charge in [-0.1, -0.05) is 20.3 Å². The minimum Gasteiger partial charge on any atom is -0.353 e. The van der Waals surface area contributed by atoms with Gasteiger partial charge in [0.15, 0.2) is 0 Å². The van der Waals surface area contributed by atoms with Crippen molar-refractivity contribution in [3.05, 3.63) is 18.1 Å². The molecule has 0 amide bonds. The van der Waals surface area contributed by atoms with Gasteiger partial charge in [-0.25, -0.2) is 4.98 Å². The lowest BCUT2D eigenvalue weighted by molar-refractivity contribution is 0.588. The van der Waals surface area contributed by atoms with E-state index in [9.17, 15) is 0 Å². The van der Waals surface area contributed by atoms with Crippen molar-refractivity contribution in [1.29, 1.82) is 0 Å². The summed E-state index contributed by atoms with van der Waals surface area (Å²) in [7, 11) is 0. The molecule has 1 unspecified atom stereocenters. The SMILES string of the molecule is CCCCN(c1cncc(CCl)n1)C(C)CC.